The number of benzene rings is 1. The van der Waals surface area contributed by atoms with E-state index in [9.17, 15) is 4.79 Å². The minimum atomic E-state index is 0.0191. The molecule has 0 aliphatic heterocycles. The predicted molar refractivity (Wildman–Crippen MR) is 77.3 cm³/mol. The number of carbonyl (C=O) groups excluding carboxylic acids is 1. The molecule has 1 aromatic carbocycles. The standard InChI is InChI=1S/C13H15ClN2OS/c1-3-4-8(2)12(17)16-13-15-10-6-5-9(14)7-11(10)18-13/h5-8H,3-4H2,1-2H3,(H,15,16,17)/t8-/m1/s1. The maximum Gasteiger partial charge on any atom is 0.228 e. The van der Waals surface area contributed by atoms with E-state index in [-0.39, 0.29) is 11.8 Å². The number of thiazole rings is 1. The van der Waals surface area contributed by atoms with Crippen LogP contribution in [0.15, 0.2) is 18.2 Å². The Labute approximate surface area is 115 Å². The number of fused-ring (bicyclic) bond motifs is 1. The van der Waals surface area contributed by atoms with Crippen molar-refractivity contribution in [3.8, 4) is 0 Å². The van der Waals surface area contributed by atoms with Crippen LogP contribution in [0.5, 0.6) is 0 Å². The van der Waals surface area contributed by atoms with E-state index in [1.54, 1.807) is 6.07 Å². The SMILES string of the molecule is CCC[C@@H](C)C(=O)Nc1nc2ccc(Cl)cc2s1. The molecule has 0 radical (unpaired) electrons. The quantitative estimate of drug-likeness (QED) is 0.907. The van der Waals surface area contributed by atoms with Crippen LogP contribution < -0.4 is 5.32 Å². The average Bonchev–Trinajstić information content (AvgIpc) is 2.70. The van der Waals surface area contributed by atoms with Crippen molar-refractivity contribution in [2.24, 2.45) is 5.92 Å². The smallest absolute Gasteiger partial charge is 0.228 e. The first kappa shape index (κ1) is 13.3. The Morgan fingerprint density at radius 3 is 3.06 bits per heavy atom. The van der Waals surface area contributed by atoms with Gasteiger partial charge in [-0.2, -0.15) is 0 Å². The molecule has 0 saturated carbocycles. The molecule has 0 aliphatic carbocycles. The third-order valence-electron chi connectivity index (χ3n) is 2.75. The number of nitrogens with one attached hydrogen (secondary N) is 1. The summed E-state index contributed by atoms with van der Waals surface area (Å²) in [5, 5.41) is 4.18. The summed E-state index contributed by atoms with van der Waals surface area (Å²) in [7, 11) is 0. The molecule has 0 aliphatic rings. The lowest BCUT2D eigenvalue weighted by molar-refractivity contribution is -0.119. The molecular weight excluding hydrogens is 268 g/mol. The fourth-order valence-electron chi connectivity index (χ4n) is 1.74. The maximum absolute atomic E-state index is 11.9. The fraction of sp³-hybridized carbons (Fsp3) is 0.385. The number of anilines is 1. The molecule has 3 nitrogen and oxygen atoms in total. The molecule has 0 bridgehead atoms. The van der Waals surface area contributed by atoms with E-state index in [0.29, 0.717) is 10.2 Å². The molecule has 0 spiro atoms. The first-order valence-corrected chi connectivity index (χ1v) is 7.16. The van der Waals surface area contributed by atoms with E-state index >= 15 is 0 Å². The molecule has 5 heteroatoms. The molecule has 1 atom stereocenters. The van der Waals surface area contributed by atoms with Crippen LogP contribution in [0.3, 0.4) is 0 Å². The Hall–Kier alpha value is -1.13. The van der Waals surface area contributed by atoms with Crippen LogP contribution in [0.25, 0.3) is 10.2 Å². The number of aromatic nitrogens is 1. The number of hydrogen-bond acceptors (Lipinski definition) is 3. The third-order valence-corrected chi connectivity index (χ3v) is 3.92. The second-order valence-corrected chi connectivity index (χ2v) is 5.78. The molecule has 2 aromatic rings. The van der Waals surface area contributed by atoms with Crippen molar-refractivity contribution in [1.29, 1.82) is 0 Å². The van der Waals surface area contributed by atoms with E-state index in [2.05, 4.69) is 17.2 Å². The van der Waals surface area contributed by atoms with E-state index in [1.807, 2.05) is 19.1 Å². The number of amides is 1. The van der Waals surface area contributed by atoms with Crippen LogP contribution in [-0.4, -0.2) is 10.9 Å². The number of hydrogen-bond donors (Lipinski definition) is 1. The van der Waals surface area contributed by atoms with Crippen molar-refractivity contribution in [1.82, 2.24) is 4.98 Å². The second kappa shape index (κ2) is 5.67. The van der Waals surface area contributed by atoms with Crippen LogP contribution in [0.2, 0.25) is 5.02 Å². The lowest BCUT2D eigenvalue weighted by atomic mass is 10.1. The summed E-state index contributed by atoms with van der Waals surface area (Å²) < 4.78 is 0.987. The molecule has 96 valence electrons. The van der Waals surface area contributed by atoms with E-state index in [4.69, 9.17) is 11.6 Å². The Balaban J connectivity index is 2.14. The molecule has 0 fully saturated rings. The highest BCUT2D eigenvalue weighted by atomic mass is 35.5. The molecule has 0 saturated heterocycles. The summed E-state index contributed by atoms with van der Waals surface area (Å²) in [4.78, 5) is 16.2. The second-order valence-electron chi connectivity index (χ2n) is 4.31. The Kier molecular flexibility index (Phi) is 4.19. The molecule has 18 heavy (non-hydrogen) atoms. The largest absolute Gasteiger partial charge is 0.302 e. The zero-order valence-electron chi connectivity index (χ0n) is 10.4. The van der Waals surface area contributed by atoms with Gasteiger partial charge in [0, 0.05) is 10.9 Å². The van der Waals surface area contributed by atoms with Gasteiger partial charge in [-0.3, -0.25) is 4.79 Å². The number of rotatable bonds is 4. The molecule has 1 N–H and O–H groups in total. The summed E-state index contributed by atoms with van der Waals surface area (Å²) in [6, 6.07) is 5.52. The van der Waals surface area contributed by atoms with Crippen LogP contribution in [0, 0.1) is 5.92 Å². The summed E-state index contributed by atoms with van der Waals surface area (Å²) in [5.41, 5.74) is 0.864. The van der Waals surface area contributed by atoms with Crippen LogP contribution in [-0.2, 0) is 4.79 Å². The minimum absolute atomic E-state index is 0.0191. The van der Waals surface area contributed by atoms with Gasteiger partial charge < -0.3 is 5.32 Å². The van der Waals surface area contributed by atoms with Gasteiger partial charge in [0.1, 0.15) is 0 Å². The lowest BCUT2D eigenvalue weighted by Gasteiger charge is -2.08. The van der Waals surface area contributed by atoms with Crippen molar-refractivity contribution >= 4 is 44.2 Å². The van der Waals surface area contributed by atoms with Crippen LogP contribution in [0.4, 0.5) is 5.13 Å². The van der Waals surface area contributed by atoms with Crippen molar-refractivity contribution in [3.63, 3.8) is 0 Å². The highest BCUT2D eigenvalue weighted by Crippen LogP contribution is 2.28. The average molecular weight is 283 g/mol. The van der Waals surface area contributed by atoms with Gasteiger partial charge in [0.15, 0.2) is 5.13 Å². The number of carbonyl (C=O) groups is 1. The zero-order chi connectivity index (χ0) is 13.1. The molecule has 1 heterocycles. The van der Waals surface area contributed by atoms with Gasteiger partial charge in [-0.15, -0.1) is 0 Å². The first-order valence-electron chi connectivity index (χ1n) is 5.97. The van der Waals surface area contributed by atoms with E-state index in [1.165, 1.54) is 11.3 Å². The van der Waals surface area contributed by atoms with Crippen molar-refractivity contribution in [2.75, 3.05) is 5.32 Å². The van der Waals surface area contributed by atoms with Gasteiger partial charge in [-0.1, -0.05) is 43.2 Å². The van der Waals surface area contributed by atoms with E-state index in [0.717, 1.165) is 23.1 Å². The molecule has 1 amide bonds. The van der Waals surface area contributed by atoms with Crippen LogP contribution in [0.1, 0.15) is 26.7 Å². The van der Waals surface area contributed by atoms with Crippen molar-refractivity contribution in [2.45, 2.75) is 26.7 Å². The molecule has 2 rings (SSSR count). The summed E-state index contributed by atoms with van der Waals surface area (Å²) in [5.74, 6) is 0.0487. The Bertz CT molecular complexity index is 567. The summed E-state index contributed by atoms with van der Waals surface area (Å²) in [6.07, 6.45) is 1.90. The minimum Gasteiger partial charge on any atom is -0.302 e. The topological polar surface area (TPSA) is 42.0 Å². The fourth-order valence-corrected chi connectivity index (χ4v) is 2.89. The van der Waals surface area contributed by atoms with Crippen LogP contribution >= 0.6 is 22.9 Å². The van der Waals surface area contributed by atoms with Gasteiger partial charge in [0.05, 0.1) is 10.2 Å². The maximum atomic E-state index is 11.9. The molecular formula is C13H15ClN2OS. The van der Waals surface area contributed by atoms with Gasteiger partial charge in [-0.05, 0) is 24.6 Å². The highest BCUT2D eigenvalue weighted by Gasteiger charge is 2.14. The monoisotopic (exact) mass is 282 g/mol. The normalized spacial score (nSPS) is 12.6. The highest BCUT2D eigenvalue weighted by molar-refractivity contribution is 7.22. The van der Waals surface area contributed by atoms with E-state index < -0.39 is 0 Å². The molecule has 0 unspecified atom stereocenters. The van der Waals surface area contributed by atoms with Crippen molar-refractivity contribution in [3.05, 3.63) is 23.2 Å². The number of nitrogens with zero attached hydrogens (tertiary/aromatic N) is 1. The van der Waals surface area contributed by atoms with Gasteiger partial charge in [0.25, 0.3) is 0 Å². The third kappa shape index (κ3) is 3.00. The Morgan fingerprint density at radius 1 is 1.56 bits per heavy atom. The van der Waals surface area contributed by atoms with Gasteiger partial charge >= 0.3 is 0 Å². The summed E-state index contributed by atoms with van der Waals surface area (Å²) in [6.45, 7) is 4.01. The summed E-state index contributed by atoms with van der Waals surface area (Å²) >= 11 is 7.36. The first-order chi connectivity index (χ1) is 8.60. The lowest BCUT2D eigenvalue weighted by Crippen LogP contribution is -2.19. The van der Waals surface area contributed by atoms with Gasteiger partial charge in [-0.25, -0.2) is 4.98 Å². The van der Waals surface area contributed by atoms with Crippen molar-refractivity contribution < 1.29 is 4.79 Å². The number of halogens is 1. The Morgan fingerprint density at radius 2 is 2.33 bits per heavy atom. The predicted octanol–water partition coefficient (Wildman–Crippen LogP) is 4.32. The van der Waals surface area contributed by atoms with Gasteiger partial charge in [0.2, 0.25) is 5.91 Å². The zero-order valence-corrected chi connectivity index (χ0v) is 11.9. The molecule has 1 aromatic heterocycles.